The molecule has 1 N–H and O–H groups in total. The molecule has 5 nitrogen and oxygen atoms in total. The van der Waals surface area contributed by atoms with Crippen LogP contribution in [0, 0.1) is 6.92 Å². The molecule has 18 heavy (non-hydrogen) atoms. The number of anilines is 2. The average molecular weight is 248 g/mol. The van der Waals surface area contributed by atoms with E-state index in [0.29, 0.717) is 13.0 Å². The van der Waals surface area contributed by atoms with Crippen LogP contribution < -0.4 is 9.80 Å². The molecule has 0 aromatic heterocycles. The topological polar surface area (TPSA) is 60.9 Å². The fourth-order valence-corrected chi connectivity index (χ4v) is 2.15. The van der Waals surface area contributed by atoms with E-state index in [1.807, 2.05) is 25.1 Å². The van der Waals surface area contributed by atoms with Gasteiger partial charge >= 0.3 is 5.97 Å². The lowest BCUT2D eigenvalue weighted by atomic mass is 10.1. The maximum absolute atomic E-state index is 11.9. The van der Waals surface area contributed by atoms with Gasteiger partial charge in [0.05, 0.1) is 11.4 Å². The summed E-state index contributed by atoms with van der Waals surface area (Å²) < 4.78 is 0. The Bertz CT molecular complexity index is 499. The fourth-order valence-electron chi connectivity index (χ4n) is 2.15. The Morgan fingerprint density at radius 3 is 2.78 bits per heavy atom. The summed E-state index contributed by atoms with van der Waals surface area (Å²) in [6.07, 6.45) is 0.331. The largest absolute Gasteiger partial charge is 0.480 e. The highest BCUT2D eigenvalue weighted by atomic mass is 16.4. The van der Waals surface area contributed by atoms with Crippen LogP contribution in [0.1, 0.15) is 12.0 Å². The molecule has 0 spiro atoms. The zero-order chi connectivity index (χ0) is 13.3. The average Bonchev–Trinajstić information content (AvgIpc) is 2.41. The highest BCUT2D eigenvalue weighted by Crippen LogP contribution is 2.32. The SMILES string of the molecule is Cc1ccc2c(c1)N(C)C(=O)CCN2CC(=O)O. The first-order valence-electron chi connectivity index (χ1n) is 5.83. The van der Waals surface area contributed by atoms with Crippen LogP contribution in [0.2, 0.25) is 0 Å². The molecule has 0 unspecified atom stereocenters. The third-order valence-electron chi connectivity index (χ3n) is 3.13. The van der Waals surface area contributed by atoms with Crippen LogP contribution in [0.25, 0.3) is 0 Å². The molecule has 0 atom stereocenters. The van der Waals surface area contributed by atoms with E-state index in [2.05, 4.69) is 0 Å². The van der Waals surface area contributed by atoms with Gasteiger partial charge in [0.25, 0.3) is 0 Å². The summed E-state index contributed by atoms with van der Waals surface area (Å²) in [4.78, 5) is 26.1. The molecule has 1 heterocycles. The molecule has 1 aliphatic heterocycles. The van der Waals surface area contributed by atoms with E-state index in [1.165, 1.54) is 0 Å². The number of benzene rings is 1. The van der Waals surface area contributed by atoms with Crippen molar-refractivity contribution in [3.63, 3.8) is 0 Å². The molecule has 1 aromatic carbocycles. The Kier molecular flexibility index (Phi) is 3.23. The second-order valence-corrected chi connectivity index (χ2v) is 4.51. The monoisotopic (exact) mass is 248 g/mol. The molecule has 0 saturated carbocycles. The summed E-state index contributed by atoms with van der Waals surface area (Å²) in [6, 6.07) is 5.72. The number of carbonyl (C=O) groups excluding carboxylic acids is 1. The van der Waals surface area contributed by atoms with E-state index in [9.17, 15) is 9.59 Å². The van der Waals surface area contributed by atoms with Crippen LogP contribution in [-0.2, 0) is 9.59 Å². The maximum Gasteiger partial charge on any atom is 0.323 e. The van der Waals surface area contributed by atoms with Gasteiger partial charge in [-0.15, -0.1) is 0 Å². The number of fused-ring (bicyclic) bond motifs is 1. The first-order valence-corrected chi connectivity index (χ1v) is 5.83. The molecule has 0 fully saturated rings. The molecule has 0 radical (unpaired) electrons. The third-order valence-corrected chi connectivity index (χ3v) is 3.13. The van der Waals surface area contributed by atoms with Crippen molar-refractivity contribution in [1.29, 1.82) is 0 Å². The summed E-state index contributed by atoms with van der Waals surface area (Å²) in [5.41, 5.74) is 2.63. The molecule has 0 aliphatic carbocycles. The molecule has 1 aliphatic rings. The number of amides is 1. The number of aryl methyl sites for hydroxylation is 1. The molecular weight excluding hydrogens is 232 g/mol. The number of carbonyl (C=O) groups is 2. The van der Waals surface area contributed by atoms with Gasteiger partial charge in [0.15, 0.2) is 0 Å². The zero-order valence-corrected chi connectivity index (χ0v) is 10.5. The molecule has 5 heteroatoms. The van der Waals surface area contributed by atoms with E-state index in [4.69, 9.17) is 5.11 Å². The van der Waals surface area contributed by atoms with Crippen molar-refractivity contribution >= 4 is 23.3 Å². The Labute approximate surface area is 106 Å². The Balaban J connectivity index is 2.47. The van der Waals surface area contributed by atoms with Gasteiger partial charge in [0.2, 0.25) is 5.91 Å². The first-order chi connectivity index (χ1) is 8.49. The van der Waals surface area contributed by atoms with Crippen molar-refractivity contribution in [3.05, 3.63) is 23.8 Å². The molecule has 1 aromatic rings. The van der Waals surface area contributed by atoms with Crippen molar-refractivity contribution in [2.45, 2.75) is 13.3 Å². The van der Waals surface area contributed by atoms with E-state index in [1.54, 1.807) is 16.8 Å². The van der Waals surface area contributed by atoms with Crippen molar-refractivity contribution < 1.29 is 14.7 Å². The number of nitrogens with zero attached hydrogens (tertiary/aromatic N) is 2. The van der Waals surface area contributed by atoms with Crippen LogP contribution in [0.3, 0.4) is 0 Å². The maximum atomic E-state index is 11.9. The van der Waals surface area contributed by atoms with Crippen molar-refractivity contribution in [1.82, 2.24) is 0 Å². The van der Waals surface area contributed by atoms with Crippen LogP contribution in [0.5, 0.6) is 0 Å². The van der Waals surface area contributed by atoms with Gasteiger partial charge in [-0.05, 0) is 24.6 Å². The summed E-state index contributed by atoms with van der Waals surface area (Å²) in [6.45, 7) is 2.30. The quantitative estimate of drug-likeness (QED) is 0.855. The van der Waals surface area contributed by atoms with Crippen LogP contribution in [0.4, 0.5) is 11.4 Å². The normalized spacial score (nSPS) is 15.3. The lowest BCUT2D eigenvalue weighted by Gasteiger charge is -2.24. The number of aliphatic carboxylic acids is 1. The van der Waals surface area contributed by atoms with Crippen molar-refractivity contribution in [2.75, 3.05) is 29.9 Å². The molecule has 1 amide bonds. The summed E-state index contributed by atoms with van der Waals surface area (Å²) in [5, 5.41) is 8.93. The van der Waals surface area contributed by atoms with E-state index in [-0.39, 0.29) is 12.5 Å². The van der Waals surface area contributed by atoms with Gasteiger partial charge in [-0.3, -0.25) is 9.59 Å². The minimum absolute atomic E-state index is 0.00902. The second-order valence-electron chi connectivity index (χ2n) is 4.51. The number of carboxylic acid groups (broad SMARTS) is 1. The third kappa shape index (κ3) is 2.30. The van der Waals surface area contributed by atoms with Crippen LogP contribution in [-0.4, -0.2) is 37.1 Å². The van der Waals surface area contributed by atoms with Crippen LogP contribution >= 0.6 is 0 Å². The van der Waals surface area contributed by atoms with Crippen LogP contribution in [0.15, 0.2) is 18.2 Å². The van der Waals surface area contributed by atoms with E-state index >= 15 is 0 Å². The molecule has 2 rings (SSSR count). The molecule has 0 bridgehead atoms. The Morgan fingerprint density at radius 1 is 1.39 bits per heavy atom. The number of rotatable bonds is 2. The van der Waals surface area contributed by atoms with E-state index < -0.39 is 5.97 Å². The lowest BCUT2D eigenvalue weighted by Crippen LogP contribution is -2.30. The lowest BCUT2D eigenvalue weighted by molar-refractivity contribution is -0.135. The predicted molar refractivity (Wildman–Crippen MR) is 69.1 cm³/mol. The van der Waals surface area contributed by atoms with Gasteiger partial charge < -0.3 is 14.9 Å². The Hall–Kier alpha value is -2.04. The zero-order valence-electron chi connectivity index (χ0n) is 10.5. The number of hydrogen-bond donors (Lipinski definition) is 1. The van der Waals surface area contributed by atoms with Crippen molar-refractivity contribution in [2.24, 2.45) is 0 Å². The fraction of sp³-hybridized carbons (Fsp3) is 0.385. The molecular formula is C13H16N2O3. The smallest absolute Gasteiger partial charge is 0.323 e. The summed E-state index contributed by atoms with van der Waals surface area (Å²) in [5.74, 6) is -0.881. The molecule has 0 saturated heterocycles. The summed E-state index contributed by atoms with van der Waals surface area (Å²) in [7, 11) is 1.73. The summed E-state index contributed by atoms with van der Waals surface area (Å²) >= 11 is 0. The van der Waals surface area contributed by atoms with Crippen molar-refractivity contribution in [3.8, 4) is 0 Å². The highest BCUT2D eigenvalue weighted by molar-refractivity contribution is 5.98. The standard InChI is InChI=1S/C13H16N2O3/c1-9-3-4-10-11(7-9)14(2)12(16)5-6-15(10)8-13(17)18/h3-4,7H,5-6,8H2,1-2H3,(H,17,18). The van der Waals surface area contributed by atoms with Gasteiger partial charge in [0.1, 0.15) is 6.54 Å². The predicted octanol–water partition coefficient (Wildman–Crippen LogP) is 1.25. The molecule has 96 valence electrons. The minimum atomic E-state index is -0.890. The van der Waals surface area contributed by atoms with Gasteiger partial charge in [-0.2, -0.15) is 0 Å². The number of carboxylic acids is 1. The Morgan fingerprint density at radius 2 is 2.11 bits per heavy atom. The van der Waals surface area contributed by atoms with Gasteiger partial charge in [0, 0.05) is 20.0 Å². The first kappa shape index (κ1) is 12.4. The highest BCUT2D eigenvalue weighted by Gasteiger charge is 2.24. The second kappa shape index (κ2) is 4.68. The number of hydrogen-bond acceptors (Lipinski definition) is 3. The minimum Gasteiger partial charge on any atom is -0.480 e. The van der Waals surface area contributed by atoms with E-state index in [0.717, 1.165) is 16.9 Å². The van der Waals surface area contributed by atoms with Gasteiger partial charge in [-0.25, -0.2) is 0 Å². The van der Waals surface area contributed by atoms with Gasteiger partial charge in [-0.1, -0.05) is 6.07 Å².